The molecule has 0 spiro atoms. The number of benzene rings is 2. The SMILES string of the molecule is CCOc1cc(C=O)ccc1OCc1cc(F)cc(Br)c1. The summed E-state index contributed by atoms with van der Waals surface area (Å²) in [5, 5.41) is 0. The maximum absolute atomic E-state index is 13.3. The lowest BCUT2D eigenvalue weighted by atomic mass is 10.2. The molecule has 0 saturated carbocycles. The summed E-state index contributed by atoms with van der Waals surface area (Å²) in [6.45, 7) is 2.52. The van der Waals surface area contributed by atoms with Crippen molar-refractivity contribution in [3.63, 3.8) is 0 Å². The second-order valence-corrected chi connectivity index (χ2v) is 5.24. The number of carbonyl (C=O) groups excluding carboxylic acids is 1. The summed E-state index contributed by atoms with van der Waals surface area (Å²) in [5.41, 5.74) is 1.21. The summed E-state index contributed by atoms with van der Waals surface area (Å²) in [7, 11) is 0. The molecule has 0 aliphatic heterocycles. The van der Waals surface area contributed by atoms with E-state index >= 15 is 0 Å². The summed E-state index contributed by atoms with van der Waals surface area (Å²) in [6, 6.07) is 9.50. The topological polar surface area (TPSA) is 35.5 Å². The van der Waals surface area contributed by atoms with Gasteiger partial charge in [0.15, 0.2) is 11.5 Å². The number of hydrogen-bond acceptors (Lipinski definition) is 3. The van der Waals surface area contributed by atoms with E-state index in [0.717, 1.165) is 6.29 Å². The first-order chi connectivity index (χ1) is 10.1. The molecule has 0 aromatic heterocycles. The minimum Gasteiger partial charge on any atom is -0.490 e. The van der Waals surface area contributed by atoms with Crippen molar-refractivity contribution in [2.45, 2.75) is 13.5 Å². The van der Waals surface area contributed by atoms with Gasteiger partial charge in [-0.2, -0.15) is 0 Å². The lowest BCUT2D eigenvalue weighted by Crippen LogP contribution is -2.00. The molecule has 110 valence electrons. The maximum Gasteiger partial charge on any atom is 0.161 e. The molecule has 2 aromatic carbocycles. The molecule has 0 unspecified atom stereocenters. The van der Waals surface area contributed by atoms with Crippen LogP contribution in [0.3, 0.4) is 0 Å². The lowest BCUT2D eigenvalue weighted by molar-refractivity contribution is 0.112. The highest BCUT2D eigenvalue weighted by Gasteiger charge is 2.07. The smallest absolute Gasteiger partial charge is 0.161 e. The summed E-state index contributed by atoms with van der Waals surface area (Å²) in [6.07, 6.45) is 0.746. The Hall–Kier alpha value is -1.88. The molecule has 2 rings (SSSR count). The van der Waals surface area contributed by atoms with Gasteiger partial charge in [0.2, 0.25) is 0 Å². The summed E-state index contributed by atoms with van der Waals surface area (Å²) < 4.78 is 25.1. The van der Waals surface area contributed by atoms with Crippen molar-refractivity contribution in [2.75, 3.05) is 6.61 Å². The highest BCUT2D eigenvalue weighted by Crippen LogP contribution is 2.29. The van der Waals surface area contributed by atoms with E-state index in [1.165, 1.54) is 12.1 Å². The molecule has 2 aromatic rings. The molecule has 0 bridgehead atoms. The van der Waals surface area contributed by atoms with Gasteiger partial charge < -0.3 is 9.47 Å². The number of carbonyl (C=O) groups is 1. The van der Waals surface area contributed by atoms with Crippen LogP contribution < -0.4 is 9.47 Å². The van der Waals surface area contributed by atoms with E-state index in [4.69, 9.17) is 9.47 Å². The van der Waals surface area contributed by atoms with Crippen LogP contribution in [-0.4, -0.2) is 12.9 Å². The summed E-state index contributed by atoms with van der Waals surface area (Å²) in [5.74, 6) is 0.685. The van der Waals surface area contributed by atoms with Gasteiger partial charge in [-0.05, 0) is 48.9 Å². The third kappa shape index (κ3) is 4.29. The van der Waals surface area contributed by atoms with Gasteiger partial charge in [-0.3, -0.25) is 4.79 Å². The number of aldehydes is 1. The van der Waals surface area contributed by atoms with Crippen molar-refractivity contribution < 1.29 is 18.7 Å². The predicted octanol–water partition coefficient (Wildman–Crippen LogP) is 4.38. The fourth-order valence-electron chi connectivity index (χ4n) is 1.84. The second-order valence-electron chi connectivity index (χ2n) is 4.32. The van der Waals surface area contributed by atoms with Crippen LogP contribution in [0.5, 0.6) is 11.5 Å². The Labute approximate surface area is 130 Å². The Morgan fingerprint density at radius 1 is 1.14 bits per heavy atom. The van der Waals surface area contributed by atoms with E-state index in [2.05, 4.69) is 15.9 Å². The van der Waals surface area contributed by atoms with Crippen LogP contribution in [0.15, 0.2) is 40.9 Å². The fourth-order valence-corrected chi connectivity index (χ4v) is 2.35. The monoisotopic (exact) mass is 352 g/mol. The van der Waals surface area contributed by atoms with Crippen LogP contribution in [0.4, 0.5) is 4.39 Å². The van der Waals surface area contributed by atoms with E-state index in [1.807, 2.05) is 6.92 Å². The first-order valence-electron chi connectivity index (χ1n) is 6.42. The average Bonchev–Trinajstić information content (AvgIpc) is 2.45. The zero-order valence-electron chi connectivity index (χ0n) is 11.4. The Morgan fingerprint density at radius 3 is 2.62 bits per heavy atom. The molecular formula is C16H14BrFO3. The standard InChI is InChI=1S/C16H14BrFO3/c1-2-20-16-7-11(9-19)3-4-15(16)21-10-12-5-13(17)8-14(18)6-12/h3-9H,2,10H2,1H3. The predicted molar refractivity (Wildman–Crippen MR) is 81.4 cm³/mol. The third-order valence-corrected chi connectivity index (χ3v) is 3.18. The molecule has 0 radical (unpaired) electrons. The van der Waals surface area contributed by atoms with Crippen LogP contribution in [0.1, 0.15) is 22.8 Å². The van der Waals surface area contributed by atoms with Crippen LogP contribution in [0.25, 0.3) is 0 Å². The molecule has 0 fully saturated rings. The van der Waals surface area contributed by atoms with Crippen molar-refractivity contribution in [1.29, 1.82) is 0 Å². The minimum atomic E-state index is -0.329. The van der Waals surface area contributed by atoms with Gasteiger partial charge in [-0.1, -0.05) is 15.9 Å². The van der Waals surface area contributed by atoms with Gasteiger partial charge in [0, 0.05) is 10.0 Å². The van der Waals surface area contributed by atoms with Gasteiger partial charge in [-0.15, -0.1) is 0 Å². The molecule has 0 amide bonds. The number of rotatable bonds is 6. The van der Waals surface area contributed by atoms with Gasteiger partial charge in [0.1, 0.15) is 18.7 Å². The Morgan fingerprint density at radius 2 is 1.95 bits per heavy atom. The molecule has 0 N–H and O–H groups in total. The zero-order chi connectivity index (χ0) is 15.2. The second kappa shape index (κ2) is 7.22. The fraction of sp³-hybridized carbons (Fsp3) is 0.188. The molecule has 0 saturated heterocycles. The molecule has 3 nitrogen and oxygen atoms in total. The quantitative estimate of drug-likeness (QED) is 0.723. The molecule has 0 aliphatic rings. The third-order valence-electron chi connectivity index (χ3n) is 2.72. The molecule has 21 heavy (non-hydrogen) atoms. The van der Waals surface area contributed by atoms with E-state index in [0.29, 0.717) is 33.7 Å². The van der Waals surface area contributed by atoms with E-state index < -0.39 is 0 Å². The molecule has 0 heterocycles. The Balaban J connectivity index is 2.16. The average molecular weight is 353 g/mol. The van der Waals surface area contributed by atoms with E-state index in [9.17, 15) is 9.18 Å². The van der Waals surface area contributed by atoms with Gasteiger partial charge in [-0.25, -0.2) is 4.39 Å². The van der Waals surface area contributed by atoms with Crippen LogP contribution >= 0.6 is 15.9 Å². The maximum atomic E-state index is 13.3. The summed E-state index contributed by atoms with van der Waals surface area (Å²) >= 11 is 3.24. The van der Waals surface area contributed by atoms with Crippen molar-refractivity contribution in [3.8, 4) is 11.5 Å². The Bertz CT molecular complexity index is 623. The summed E-state index contributed by atoms with van der Waals surface area (Å²) in [4.78, 5) is 10.8. The first-order valence-corrected chi connectivity index (χ1v) is 7.21. The van der Waals surface area contributed by atoms with Gasteiger partial charge >= 0.3 is 0 Å². The minimum absolute atomic E-state index is 0.205. The first kappa shape index (κ1) is 15.5. The van der Waals surface area contributed by atoms with Crippen LogP contribution in [0, 0.1) is 5.82 Å². The van der Waals surface area contributed by atoms with Crippen molar-refractivity contribution in [2.24, 2.45) is 0 Å². The van der Waals surface area contributed by atoms with Crippen LogP contribution in [0.2, 0.25) is 0 Å². The van der Waals surface area contributed by atoms with Crippen molar-refractivity contribution >= 4 is 22.2 Å². The molecule has 5 heteroatoms. The molecular weight excluding hydrogens is 339 g/mol. The highest BCUT2D eigenvalue weighted by molar-refractivity contribution is 9.10. The van der Waals surface area contributed by atoms with Crippen LogP contribution in [-0.2, 0) is 6.61 Å². The van der Waals surface area contributed by atoms with Crippen molar-refractivity contribution in [1.82, 2.24) is 0 Å². The van der Waals surface area contributed by atoms with E-state index in [-0.39, 0.29) is 12.4 Å². The van der Waals surface area contributed by atoms with Gasteiger partial charge in [0.05, 0.1) is 6.61 Å². The van der Waals surface area contributed by atoms with E-state index in [1.54, 1.807) is 24.3 Å². The zero-order valence-corrected chi connectivity index (χ0v) is 13.0. The number of halogens is 2. The number of ether oxygens (including phenoxy) is 2. The highest BCUT2D eigenvalue weighted by atomic mass is 79.9. The number of hydrogen-bond donors (Lipinski definition) is 0. The largest absolute Gasteiger partial charge is 0.490 e. The van der Waals surface area contributed by atoms with Gasteiger partial charge in [0.25, 0.3) is 0 Å². The lowest BCUT2D eigenvalue weighted by Gasteiger charge is -2.12. The normalized spacial score (nSPS) is 10.2. The van der Waals surface area contributed by atoms with Crippen molar-refractivity contribution in [3.05, 3.63) is 57.8 Å². The molecule has 0 atom stereocenters. The Kier molecular flexibility index (Phi) is 5.33. The molecule has 0 aliphatic carbocycles.